The lowest BCUT2D eigenvalue weighted by atomic mass is 9.95. The first-order valence-corrected chi connectivity index (χ1v) is 10.3. The van der Waals surface area contributed by atoms with E-state index in [1.54, 1.807) is 12.1 Å². The summed E-state index contributed by atoms with van der Waals surface area (Å²) < 4.78 is 26.1. The molecule has 0 bridgehead atoms. The predicted molar refractivity (Wildman–Crippen MR) is 99.3 cm³/mol. The molecular formula is C17H26N4O4S. The van der Waals surface area contributed by atoms with Crippen molar-refractivity contribution < 1.29 is 18.0 Å². The number of sulfonamides is 1. The summed E-state index contributed by atoms with van der Waals surface area (Å²) in [5.74, 6) is -0.0876. The number of hydrogen-bond donors (Lipinski definition) is 4. The van der Waals surface area contributed by atoms with Gasteiger partial charge < -0.3 is 16.0 Å². The molecule has 0 heterocycles. The highest BCUT2D eigenvalue weighted by atomic mass is 32.2. The number of benzene rings is 1. The van der Waals surface area contributed by atoms with Crippen LogP contribution in [-0.2, 0) is 14.8 Å². The number of carbonyl (C=O) groups excluding carboxylic acids is 2. The molecule has 0 radical (unpaired) electrons. The molecule has 26 heavy (non-hydrogen) atoms. The number of carbonyl (C=O) groups is 2. The number of para-hydroxylation sites is 1. The molecule has 1 aliphatic carbocycles. The second-order valence-corrected chi connectivity index (χ2v) is 8.09. The van der Waals surface area contributed by atoms with Crippen LogP contribution in [0.4, 0.5) is 10.5 Å². The van der Waals surface area contributed by atoms with Gasteiger partial charge in [0.15, 0.2) is 0 Å². The van der Waals surface area contributed by atoms with Crippen molar-refractivity contribution in [1.29, 1.82) is 0 Å². The van der Waals surface area contributed by atoms with Gasteiger partial charge in [0.05, 0.1) is 5.69 Å². The highest BCUT2D eigenvalue weighted by Crippen LogP contribution is 2.20. The first-order valence-electron chi connectivity index (χ1n) is 8.79. The quantitative estimate of drug-likeness (QED) is 0.572. The van der Waals surface area contributed by atoms with Crippen LogP contribution < -0.4 is 20.7 Å². The van der Waals surface area contributed by atoms with Crippen LogP contribution in [0.2, 0.25) is 0 Å². The number of amides is 3. The Morgan fingerprint density at radius 2 is 1.81 bits per heavy atom. The Labute approximate surface area is 154 Å². The Bertz CT molecular complexity index is 730. The average Bonchev–Trinajstić information content (AvgIpc) is 2.63. The van der Waals surface area contributed by atoms with Crippen LogP contribution in [0.1, 0.15) is 38.5 Å². The van der Waals surface area contributed by atoms with Crippen LogP contribution in [0.5, 0.6) is 0 Å². The van der Waals surface area contributed by atoms with E-state index in [2.05, 4.69) is 20.7 Å². The highest BCUT2D eigenvalue weighted by Gasteiger charge is 2.18. The van der Waals surface area contributed by atoms with Crippen molar-refractivity contribution in [2.75, 3.05) is 18.9 Å². The zero-order chi connectivity index (χ0) is 19.0. The SMILES string of the molecule is CNS(=O)(=O)c1ccccc1NC(=O)NCCC(=O)NC1CCCCC1. The van der Waals surface area contributed by atoms with E-state index >= 15 is 0 Å². The molecular weight excluding hydrogens is 356 g/mol. The average molecular weight is 382 g/mol. The van der Waals surface area contributed by atoms with E-state index in [-0.39, 0.29) is 35.5 Å². The lowest BCUT2D eigenvalue weighted by Crippen LogP contribution is -2.38. The van der Waals surface area contributed by atoms with Gasteiger partial charge in [-0.3, -0.25) is 4.79 Å². The van der Waals surface area contributed by atoms with Crippen molar-refractivity contribution >= 4 is 27.6 Å². The molecule has 9 heteroatoms. The first-order chi connectivity index (χ1) is 12.4. The molecule has 0 unspecified atom stereocenters. The van der Waals surface area contributed by atoms with E-state index in [9.17, 15) is 18.0 Å². The Kier molecular flexibility index (Phi) is 7.40. The molecule has 0 spiro atoms. The minimum absolute atomic E-state index is 0.0207. The molecule has 0 aliphatic heterocycles. The fraction of sp³-hybridized carbons (Fsp3) is 0.529. The monoisotopic (exact) mass is 382 g/mol. The van der Waals surface area contributed by atoms with Crippen molar-refractivity contribution in [3.63, 3.8) is 0 Å². The lowest BCUT2D eigenvalue weighted by Gasteiger charge is -2.22. The molecule has 8 nitrogen and oxygen atoms in total. The smallest absolute Gasteiger partial charge is 0.319 e. The number of rotatable bonds is 7. The maximum Gasteiger partial charge on any atom is 0.319 e. The third kappa shape index (κ3) is 5.99. The third-order valence-electron chi connectivity index (χ3n) is 4.30. The Balaban J connectivity index is 1.80. The maximum atomic E-state index is 12.0. The van der Waals surface area contributed by atoms with Crippen molar-refractivity contribution in [2.45, 2.75) is 49.5 Å². The highest BCUT2D eigenvalue weighted by molar-refractivity contribution is 7.89. The molecule has 0 atom stereocenters. The predicted octanol–water partition coefficient (Wildman–Crippen LogP) is 1.56. The van der Waals surface area contributed by atoms with Crippen LogP contribution in [0.3, 0.4) is 0 Å². The summed E-state index contributed by atoms with van der Waals surface area (Å²) >= 11 is 0. The van der Waals surface area contributed by atoms with E-state index in [1.165, 1.54) is 25.6 Å². The van der Waals surface area contributed by atoms with Gasteiger partial charge in [-0.25, -0.2) is 17.9 Å². The number of nitrogens with one attached hydrogen (secondary N) is 4. The molecule has 1 saturated carbocycles. The van der Waals surface area contributed by atoms with Crippen LogP contribution in [-0.4, -0.2) is 40.0 Å². The van der Waals surface area contributed by atoms with E-state index in [1.807, 2.05) is 0 Å². The zero-order valence-electron chi connectivity index (χ0n) is 14.9. The Morgan fingerprint density at radius 3 is 2.50 bits per heavy atom. The standard InChI is InChI=1S/C17H26N4O4S/c1-18-26(24,25)15-10-6-5-9-14(15)21-17(23)19-12-11-16(22)20-13-7-3-2-4-8-13/h5-6,9-10,13,18H,2-4,7-8,11-12H2,1H3,(H,20,22)(H2,19,21,23). The number of urea groups is 1. The van der Waals surface area contributed by atoms with Crippen molar-refractivity contribution in [3.05, 3.63) is 24.3 Å². The van der Waals surface area contributed by atoms with Crippen molar-refractivity contribution in [1.82, 2.24) is 15.4 Å². The summed E-state index contributed by atoms with van der Waals surface area (Å²) in [4.78, 5) is 23.9. The van der Waals surface area contributed by atoms with E-state index in [4.69, 9.17) is 0 Å². The van der Waals surface area contributed by atoms with Gasteiger partial charge in [0.1, 0.15) is 4.90 Å². The van der Waals surface area contributed by atoms with Crippen LogP contribution in [0.15, 0.2) is 29.2 Å². The maximum absolute atomic E-state index is 12.0. The van der Waals surface area contributed by atoms with Gasteiger partial charge in [-0.2, -0.15) is 0 Å². The van der Waals surface area contributed by atoms with Gasteiger partial charge >= 0.3 is 6.03 Å². The minimum atomic E-state index is -3.68. The molecule has 1 fully saturated rings. The summed E-state index contributed by atoms with van der Waals surface area (Å²) in [6.45, 7) is 0.172. The molecule has 1 aliphatic rings. The van der Waals surface area contributed by atoms with Gasteiger partial charge in [-0.1, -0.05) is 31.4 Å². The number of hydrogen-bond acceptors (Lipinski definition) is 4. The molecule has 0 aromatic heterocycles. The minimum Gasteiger partial charge on any atom is -0.353 e. The van der Waals surface area contributed by atoms with Crippen LogP contribution in [0.25, 0.3) is 0 Å². The summed E-state index contributed by atoms with van der Waals surface area (Å²) in [6.07, 6.45) is 5.70. The molecule has 4 N–H and O–H groups in total. The van der Waals surface area contributed by atoms with Crippen molar-refractivity contribution in [2.24, 2.45) is 0 Å². The Morgan fingerprint density at radius 1 is 1.12 bits per heavy atom. The van der Waals surface area contributed by atoms with Gasteiger partial charge in [-0.15, -0.1) is 0 Å². The molecule has 3 amide bonds. The molecule has 0 saturated heterocycles. The summed E-state index contributed by atoms with van der Waals surface area (Å²) in [6, 6.07) is 5.78. The van der Waals surface area contributed by atoms with Gasteiger partial charge in [0.2, 0.25) is 15.9 Å². The fourth-order valence-corrected chi connectivity index (χ4v) is 3.80. The lowest BCUT2D eigenvalue weighted by molar-refractivity contribution is -0.121. The van der Waals surface area contributed by atoms with Crippen LogP contribution in [0, 0.1) is 0 Å². The van der Waals surface area contributed by atoms with Crippen molar-refractivity contribution in [3.8, 4) is 0 Å². The number of anilines is 1. The van der Waals surface area contributed by atoms with E-state index in [0.717, 1.165) is 25.7 Å². The normalized spacial score (nSPS) is 15.3. The zero-order valence-corrected chi connectivity index (χ0v) is 15.7. The molecule has 144 valence electrons. The largest absolute Gasteiger partial charge is 0.353 e. The first kappa shape index (κ1) is 20.2. The fourth-order valence-electron chi connectivity index (χ4n) is 2.92. The van der Waals surface area contributed by atoms with Gasteiger partial charge in [0.25, 0.3) is 0 Å². The second-order valence-electron chi connectivity index (χ2n) is 6.24. The molecule has 1 aromatic carbocycles. The topological polar surface area (TPSA) is 116 Å². The van der Waals surface area contributed by atoms with E-state index in [0.29, 0.717) is 0 Å². The summed E-state index contributed by atoms with van der Waals surface area (Å²) in [7, 11) is -2.38. The second kappa shape index (κ2) is 9.54. The third-order valence-corrected chi connectivity index (χ3v) is 5.77. The Hall–Kier alpha value is -2.13. The molecule has 1 aromatic rings. The summed E-state index contributed by atoms with van der Waals surface area (Å²) in [5.41, 5.74) is 0.172. The van der Waals surface area contributed by atoms with E-state index < -0.39 is 16.1 Å². The van der Waals surface area contributed by atoms with Gasteiger partial charge in [0, 0.05) is 19.0 Å². The molecule has 2 rings (SSSR count). The van der Waals surface area contributed by atoms with Crippen LogP contribution >= 0.6 is 0 Å². The summed E-state index contributed by atoms with van der Waals surface area (Å²) in [5, 5.41) is 8.06. The van der Waals surface area contributed by atoms with Gasteiger partial charge in [-0.05, 0) is 32.0 Å².